The lowest BCUT2D eigenvalue weighted by atomic mass is 10.0. The van der Waals surface area contributed by atoms with Crippen LogP contribution in [-0.4, -0.2) is 29.7 Å². The molecular weight excluding hydrogens is 241 g/mol. The smallest absolute Gasteiger partial charge is 0.128 e. The molecule has 3 heteroatoms. The second-order valence-corrected chi connectivity index (χ2v) is 5.17. The third-order valence-electron chi connectivity index (χ3n) is 3.44. The molecule has 0 aliphatic carbocycles. The van der Waals surface area contributed by atoms with Crippen molar-refractivity contribution in [3.63, 3.8) is 0 Å². The predicted molar refractivity (Wildman–Crippen MR) is 76.1 cm³/mol. The van der Waals surface area contributed by atoms with Gasteiger partial charge in [0.2, 0.25) is 0 Å². The minimum atomic E-state index is -0.243. The molecule has 2 nitrogen and oxygen atoms in total. The Labute approximate surface area is 115 Å². The molecule has 0 saturated carbocycles. The Morgan fingerprint density at radius 2 is 2.00 bits per heavy atom. The Morgan fingerprint density at radius 1 is 1.32 bits per heavy atom. The van der Waals surface area contributed by atoms with Crippen LogP contribution < -0.4 is 0 Å². The van der Waals surface area contributed by atoms with Crippen LogP contribution in [0.25, 0.3) is 0 Å². The second kappa shape index (κ2) is 7.28. The van der Waals surface area contributed by atoms with Gasteiger partial charge in [-0.25, -0.2) is 4.39 Å². The largest absolute Gasteiger partial charge is 0.384 e. The Kier molecular flexibility index (Phi) is 6.01. The summed E-state index contributed by atoms with van der Waals surface area (Å²) in [6.45, 7) is 6.83. The maximum Gasteiger partial charge on any atom is 0.128 e. The van der Waals surface area contributed by atoms with Gasteiger partial charge in [-0.2, -0.15) is 0 Å². The van der Waals surface area contributed by atoms with E-state index in [1.165, 1.54) is 6.07 Å². The molecule has 1 aromatic carbocycles. The van der Waals surface area contributed by atoms with Crippen LogP contribution in [0, 0.1) is 23.6 Å². The molecular formula is C16H22FNO. The van der Waals surface area contributed by atoms with Crippen molar-refractivity contribution in [3.05, 3.63) is 35.1 Å². The summed E-state index contributed by atoms with van der Waals surface area (Å²) in [5.41, 5.74) is 1.26. The molecule has 0 amide bonds. The van der Waals surface area contributed by atoms with Crippen molar-refractivity contribution >= 4 is 0 Å². The first-order valence-electron chi connectivity index (χ1n) is 6.54. The first kappa shape index (κ1) is 15.7. The average Bonchev–Trinajstić information content (AvgIpc) is 2.37. The van der Waals surface area contributed by atoms with E-state index in [1.54, 1.807) is 12.1 Å². The molecule has 1 N–H and O–H groups in total. The lowest BCUT2D eigenvalue weighted by molar-refractivity contribution is 0.198. The molecule has 1 aromatic rings. The molecule has 0 heterocycles. The fourth-order valence-corrected chi connectivity index (χ4v) is 1.82. The number of halogens is 1. The molecule has 1 atom stereocenters. The molecule has 0 aromatic heterocycles. The van der Waals surface area contributed by atoms with Crippen LogP contribution in [0.15, 0.2) is 18.2 Å². The topological polar surface area (TPSA) is 23.5 Å². The van der Waals surface area contributed by atoms with Gasteiger partial charge in [0.1, 0.15) is 12.4 Å². The maximum atomic E-state index is 13.9. The minimum Gasteiger partial charge on any atom is -0.384 e. The van der Waals surface area contributed by atoms with Gasteiger partial charge in [-0.3, -0.25) is 4.90 Å². The molecule has 0 spiro atoms. The summed E-state index contributed by atoms with van der Waals surface area (Å²) in [5.74, 6) is 5.50. The summed E-state index contributed by atoms with van der Waals surface area (Å²) in [6.07, 6.45) is 0. The van der Waals surface area contributed by atoms with Crippen LogP contribution in [0.4, 0.5) is 4.39 Å². The number of hydrogen-bond acceptors (Lipinski definition) is 2. The lowest BCUT2D eigenvalue weighted by Crippen LogP contribution is -2.32. The molecule has 0 saturated heterocycles. The molecule has 19 heavy (non-hydrogen) atoms. The summed E-state index contributed by atoms with van der Waals surface area (Å²) in [4.78, 5) is 2.14. The van der Waals surface area contributed by atoms with Crippen molar-refractivity contribution in [3.8, 4) is 11.8 Å². The Morgan fingerprint density at radius 3 is 2.53 bits per heavy atom. The first-order valence-corrected chi connectivity index (χ1v) is 6.54. The van der Waals surface area contributed by atoms with Gasteiger partial charge in [0.25, 0.3) is 0 Å². The van der Waals surface area contributed by atoms with Crippen molar-refractivity contribution in [2.75, 3.05) is 13.7 Å². The zero-order valence-electron chi connectivity index (χ0n) is 12.1. The predicted octanol–water partition coefficient (Wildman–Crippen LogP) is 2.65. The van der Waals surface area contributed by atoms with Crippen LogP contribution in [0.5, 0.6) is 0 Å². The third-order valence-corrected chi connectivity index (χ3v) is 3.44. The van der Waals surface area contributed by atoms with Crippen LogP contribution in [0.1, 0.15) is 31.9 Å². The summed E-state index contributed by atoms with van der Waals surface area (Å²) < 4.78 is 13.9. The van der Waals surface area contributed by atoms with Crippen molar-refractivity contribution in [2.24, 2.45) is 5.92 Å². The van der Waals surface area contributed by atoms with E-state index in [1.807, 2.05) is 7.05 Å². The summed E-state index contributed by atoms with van der Waals surface area (Å²) >= 11 is 0. The van der Waals surface area contributed by atoms with E-state index >= 15 is 0 Å². The Hall–Kier alpha value is -1.37. The van der Waals surface area contributed by atoms with Gasteiger partial charge in [0.05, 0.1) is 0 Å². The standard InChI is InChI=1S/C16H22FNO/c1-12(2)13(3)18(4)11-15-8-7-14(6-5-9-19)10-16(15)17/h7-8,10,12-13,19H,9,11H2,1-4H3. The highest BCUT2D eigenvalue weighted by atomic mass is 19.1. The van der Waals surface area contributed by atoms with Gasteiger partial charge in [0.15, 0.2) is 0 Å². The minimum absolute atomic E-state index is 0.210. The number of rotatable bonds is 4. The summed E-state index contributed by atoms with van der Waals surface area (Å²) in [6, 6.07) is 5.37. The highest BCUT2D eigenvalue weighted by Crippen LogP contribution is 2.16. The summed E-state index contributed by atoms with van der Waals surface area (Å²) in [5, 5.41) is 8.61. The molecule has 1 unspecified atom stereocenters. The van der Waals surface area contributed by atoms with Crippen LogP contribution in [0.2, 0.25) is 0 Å². The fraction of sp³-hybridized carbons (Fsp3) is 0.500. The van der Waals surface area contributed by atoms with Crippen molar-refractivity contribution in [2.45, 2.75) is 33.4 Å². The van der Waals surface area contributed by atoms with Crippen LogP contribution >= 0.6 is 0 Å². The lowest BCUT2D eigenvalue weighted by Gasteiger charge is -2.28. The van der Waals surface area contributed by atoms with E-state index < -0.39 is 0 Å². The first-order chi connectivity index (χ1) is 8.95. The van der Waals surface area contributed by atoms with Gasteiger partial charge in [-0.15, -0.1) is 0 Å². The highest BCUT2D eigenvalue weighted by Gasteiger charge is 2.14. The SMILES string of the molecule is CC(C)C(C)N(C)Cc1ccc(C#CCO)cc1F. The Bertz CT molecular complexity index is 473. The van der Waals surface area contributed by atoms with E-state index in [2.05, 4.69) is 37.5 Å². The maximum absolute atomic E-state index is 13.9. The van der Waals surface area contributed by atoms with Crippen LogP contribution in [-0.2, 0) is 6.54 Å². The van der Waals surface area contributed by atoms with E-state index in [0.717, 1.165) is 0 Å². The molecule has 0 radical (unpaired) electrons. The average molecular weight is 263 g/mol. The Balaban J connectivity index is 2.80. The van der Waals surface area contributed by atoms with Crippen molar-refractivity contribution < 1.29 is 9.50 Å². The van der Waals surface area contributed by atoms with Gasteiger partial charge in [-0.05, 0) is 32.0 Å². The molecule has 104 valence electrons. The summed E-state index contributed by atoms with van der Waals surface area (Å²) in [7, 11) is 2.00. The molecule has 0 fully saturated rings. The monoisotopic (exact) mass is 263 g/mol. The van der Waals surface area contributed by atoms with Gasteiger partial charge in [0, 0.05) is 23.7 Å². The van der Waals surface area contributed by atoms with Crippen molar-refractivity contribution in [1.29, 1.82) is 0 Å². The van der Waals surface area contributed by atoms with E-state index in [-0.39, 0.29) is 12.4 Å². The number of aliphatic hydroxyl groups excluding tert-OH is 1. The van der Waals surface area contributed by atoms with Gasteiger partial charge < -0.3 is 5.11 Å². The van der Waals surface area contributed by atoms with E-state index in [0.29, 0.717) is 29.6 Å². The van der Waals surface area contributed by atoms with E-state index in [9.17, 15) is 4.39 Å². The number of nitrogens with zero attached hydrogens (tertiary/aromatic N) is 1. The van der Waals surface area contributed by atoms with Crippen LogP contribution in [0.3, 0.4) is 0 Å². The fourth-order valence-electron chi connectivity index (χ4n) is 1.82. The highest BCUT2D eigenvalue weighted by molar-refractivity contribution is 5.37. The quantitative estimate of drug-likeness (QED) is 0.844. The number of hydrogen-bond donors (Lipinski definition) is 1. The molecule has 0 aliphatic rings. The zero-order valence-corrected chi connectivity index (χ0v) is 12.1. The number of aliphatic hydroxyl groups is 1. The molecule has 0 bridgehead atoms. The van der Waals surface area contributed by atoms with Gasteiger partial charge in [-0.1, -0.05) is 31.8 Å². The van der Waals surface area contributed by atoms with Crippen molar-refractivity contribution in [1.82, 2.24) is 4.90 Å². The second-order valence-electron chi connectivity index (χ2n) is 5.17. The molecule has 1 rings (SSSR count). The van der Waals surface area contributed by atoms with E-state index in [4.69, 9.17) is 5.11 Å². The van der Waals surface area contributed by atoms with Gasteiger partial charge >= 0.3 is 0 Å². The number of benzene rings is 1. The zero-order chi connectivity index (χ0) is 14.4. The normalized spacial score (nSPS) is 12.4. The molecule has 0 aliphatic heterocycles. The third kappa shape index (κ3) is 4.66.